The number of nitrogens with zero attached hydrogens (tertiary/aromatic N) is 1. The number of hydrogen-bond donors (Lipinski definition) is 9. The number of aliphatic carboxylic acids is 1. The summed E-state index contributed by atoms with van der Waals surface area (Å²) < 4.78 is 0. The van der Waals surface area contributed by atoms with Crippen molar-refractivity contribution in [2.45, 2.75) is 44.8 Å². The third-order valence-electron chi connectivity index (χ3n) is 4.12. The van der Waals surface area contributed by atoms with Gasteiger partial charge in [-0.15, -0.1) is 0 Å². The van der Waals surface area contributed by atoms with E-state index in [0.29, 0.717) is 12.7 Å². The number of nitrogens with one attached hydrogen (secondary N) is 3. The lowest BCUT2D eigenvalue weighted by Gasteiger charge is -2.26. The van der Waals surface area contributed by atoms with E-state index in [9.17, 15) is 24.0 Å². The number of nitrogens with two attached hydrogens (primary N) is 3. The highest BCUT2D eigenvalue weighted by atomic mass is 31.1. The molecule has 0 saturated heterocycles. The molecule has 0 fully saturated rings. The smallest absolute Gasteiger partial charge is 0.333 e. The zero-order valence-electron chi connectivity index (χ0n) is 19.0. The summed E-state index contributed by atoms with van der Waals surface area (Å²) in [5, 5.41) is 16.2. The van der Waals surface area contributed by atoms with Gasteiger partial charge in [0.1, 0.15) is 33.4 Å². The van der Waals surface area contributed by atoms with Gasteiger partial charge in [-0.25, -0.2) is 4.79 Å². The molecule has 34 heavy (non-hydrogen) atoms. The van der Waals surface area contributed by atoms with Crippen molar-refractivity contribution in [1.82, 2.24) is 16.0 Å². The lowest BCUT2D eigenvalue weighted by atomic mass is 10.0. The summed E-state index contributed by atoms with van der Waals surface area (Å²) in [6.07, 6.45) is 0.991. The number of carbonyl (C=O) groups excluding carboxylic acids is 4. The molecule has 12 N–H and O–H groups in total. The van der Waals surface area contributed by atoms with E-state index in [4.69, 9.17) is 32.1 Å². The Morgan fingerprint density at radius 3 is 2.09 bits per heavy atom. The minimum atomic E-state index is -1.56. The SMILES string of the molecule is C=C(C(=O)O)C(N)C(=O)NC(C(=O)N[C@H](CCCN=C(N)N)C(=O)NCC=O)C(C)C.OPO. The van der Waals surface area contributed by atoms with E-state index in [1.807, 2.05) is 0 Å². The molecule has 2 unspecified atom stereocenters. The van der Waals surface area contributed by atoms with Crippen molar-refractivity contribution in [2.75, 3.05) is 13.1 Å². The first kappa shape index (κ1) is 33.0. The highest BCUT2D eigenvalue weighted by Crippen LogP contribution is 2.07. The molecule has 0 aliphatic rings. The number of guanidine groups is 1. The van der Waals surface area contributed by atoms with Gasteiger partial charge in [-0.05, 0) is 18.8 Å². The summed E-state index contributed by atoms with van der Waals surface area (Å²) in [5.41, 5.74) is 15.5. The van der Waals surface area contributed by atoms with Gasteiger partial charge in [0, 0.05) is 6.54 Å². The maximum atomic E-state index is 12.8. The highest BCUT2D eigenvalue weighted by molar-refractivity contribution is 7.23. The van der Waals surface area contributed by atoms with Gasteiger partial charge in [0.15, 0.2) is 5.96 Å². The first-order chi connectivity index (χ1) is 15.8. The first-order valence-corrected chi connectivity index (χ1v) is 10.8. The standard InChI is InChI=1S/C18H31N7O6.H3O2P/c1-9(2)13(25-15(28)12(19)10(3)17(30)31)16(29)24-11(14(27)22-7-8-26)5-4-6-23-18(20)21;1-3-2/h8-9,11-13H,3-7,19H2,1-2H3,(H,22,27)(H,24,29)(H,25,28)(H,30,31)(H4,20,21,23);1-3H/t11-,12?,13?;/m1./s1. The lowest BCUT2D eigenvalue weighted by molar-refractivity contribution is -0.135. The Morgan fingerprint density at radius 2 is 1.65 bits per heavy atom. The Bertz CT molecular complexity index is 744. The van der Waals surface area contributed by atoms with Crippen molar-refractivity contribution in [3.8, 4) is 0 Å². The Balaban J connectivity index is 0. The van der Waals surface area contributed by atoms with Crippen molar-refractivity contribution in [2.24, 2.45) is 28.1 Å². The molecule has 0 aromatic carbocycles. The molecule has 0 aliphatic heterocycles. The van der Waals surface area contributed by atoms with Gasteiger partial charge < -0.3 is 52.8 Å². The maximum Gasteiger partial charge on any atom is 0.333 e. The van der Waals surface area contributed by atoms with Gasteiger partial charge in [-0.3, -0.25) is 19.4 Å². The molecule has 0 heterocycles. The predicted octanol–water partition coefficient (Wildman–Crippen LogP) is -3.57. The van der Waals surface area contributed by atoms with Crippen LogP contribution in [0.3, 0.4) is 0 Å². The van der Waals surface area contributed by atoms with Crippen LogP contribution in [0.1, 0.15) is 26.7 Å². The van der Waals surface area contributed by atoms with E-state index in [-0.39, 0.29) is 25.5 Å². The van der Waals surface area contributed by atoms with Crippen LogP contribution < -0.4 is 33.2 Å². The minimum Gasteiger partial charge on any atom is -0.478 e. The van der Waals surface area contributed by atoms with Crippen LogP contribution >= 0.6 is 9.03 Å². The second kappa shape index (κ2) is 18.3. The summed E-state index contributed by atoms with van der Waals surface area (Å²) in [7, 11) is -0.917. The van der Waals surface area contributed by atoms with Gasteiger partial charge in [-0.2, -0.15) is 0 Å². The Labute approximate surface area is 198 Å². The molecule has 3 amide bonds. The molecule has 3 atom stereocenters. The van der Waals surface area contributed by atoms with Crippen molar-refractivity contribution < 1.29 is 38.9 Å². The van der Waals surface area contributed by atoms with Crippen molar-refractivity contribution in [3.05, 3.63) is 12.2 Å². The van der Waals surface area contributed by atoms with Gasteiger partial charge in [-0.1, -0.05) is 20.4 Å². The lowest BCUT2D eigenvalue weighted by Crippen LogP contribution is -2.57. The summed E-state index contributed by atoms with van der Waals surface area (Å²) in [5.74, 6) is -4.18. The third-order valence-corrected chi connectivity index (χ3v) is 4.12. The number of aldehydes is 1. The van der Waals surface area contributed by atoms with Crippen LogP contribution in [0.5, 0.6) is 0 Å². The predicted molar refractivity (Wildman–Crippen MR) is 125 cm³/mol. The molecule has 0 aromatic heterocycles. The van der Waals surface area contributed by atoms with Gasteiger partial charge in [0.2, 0.25) is 17.7 Å². The number of carbonyl (C=O) groups is 5. The Kier molecular flexibility index (Phi) is 17.8. The molecular weight excluding hydrogens is 473 g/mol. The molecule has 0 aromatic rings. The van der Waals surface area contributed by atoms with E-state index >= 15 is 0 Å². The number of aliphatic imine (C=N–C) groups is 1. The average molecular weight is 507 g/mol. The topological polar surface area (TPSA) is 273 Å². The van der Waals surface area contributed by atoms with E-state index in [1.165, 1.54) is 0 Å². The van der Waals surface area contributed by atoms with Gasteiger partial charge >= 0.3 is 5.97 Å². The average Bonchev–Trinajstić information content (AvgIpc) is 2.76. The van der Waals surface area contributed by atoms with Gasteiger partial charge in [0.25, 0.3) is 0 Å². The molecule has 15 nitrogen and oxygen atoms in total. The second-order valence-electron chi connectivity index (χ2n) is 7.06. The summed E-state index contributed by atoms with van der Waals surface area (Å²) in [6, 6.07) is -3.69. The van der Waals surface area contributed by atoms with E-state index in [1.54, 1.807) is 13.8 Å². The molecule has 0 radical (unpaired) electrons. The van der Waals surface area contributed by atoms with Crippen LogP contribution in [0.4, 0.5) is 0 Å². The van der Waals surface area contributed by atoms with Crippen molar-refractivity contribution >= 4 is 45.0 Å². The summed E-state index contributed by atoms with van der Waals surface area (Å²) in [6.45, 7) is 6.49. The molecule has 194 valence electrons. The minimum absolute atomic E-state index is 0.118. The molecular formula is C18H34N7O8P. The number of hydrogen-bond acceptors (Lipinski definition) is 9. The number of amides is 3. The normalized spacial score (nSPS) is 12.6. The van der Waals surface area contributed by atoms with Crippen LogP contribution in [0.15, 0.2) is 17.1 Å². The third kappa shape index (κ3) is 14.1. The summed E-state index contributed by atoms with van der Waals surface area (Å²) >= 11 is 0. The molecule has 0 rings (SSSR count). The fourth-order valence-corrected chi connectivity index (χ4v) is 2.37. The molecule has 16 heteroatoms. The molecule has 0 spiro atoms. The zero-order valence-corrected chi connectivity index (χ0v) is 20.0. The molecule has 0 aliphatic carbocycles. The largest absolute Gasteiger partial charge is 0.478 e. The highest BCUT2D eigenvalue weighted by Gasteiger charge is 2.31. The van der Waals surface area contributed by atoms with Crippen LogP contribution in [-0.2, 0) is 24.0 Å². The molecule has 0 bridgehead atoms. The van der Waals surface area contributed by atoms with Crippen LogP contribution in [0.2, 0.25) is 0 Å². The Hall–Kier alpha value is -3.13. The van der Waals surface area contributed by atoms with Crippen LogP contribution in [-0.4, -0.2) is 82.0 Å². The first-order valence-electron chi connectivity index (χ1n) is 9.92. The van der Waals surface area contributed by atoms with E-state index in [0.717, 1.165) is 0 Å². The zero-order chi connectivity index (χ0) is 26.8. The van der Waals surface area contributed by atoms with E-state index in [2.05, 4.69) is 27.5 Å². The van der Waals surface area contributed by atoms with Crippen LogP contribution in [0, 0.1) is 5.92 Å². The number of rotatable bonds is 14. The van der Waals surface area contributed by atoms with E-state index < -0.39 is 62.3 Å². The fraction of sp³-hybridized carbons (Fsp3) is 0.556. The van der Waals surface area contributed by atoms with Crippen molar-refractivity contribution in [1.29, 1.82) is 0 Å². The Morgan fingerprint density at radius 1 is 1.09 bits per heavy atom. The number of carboxylic acid groups (broad SMARTS) is 1. The number of carboxylic acids is 1. The molecule has 0 saturated carbocycles. The monoisotopic (exact) mass is 507 g/mol. The van der Waals surface area contributed by atoms with Crippen LogP contribution in [0.25, 0.3) is 0 Å². The second-order valence-corrected chi connectivity index (χ2v) is 7.26. The van der Waals surface area contributed by atoms with Crippen molar-refractivity contribution in [3.63, 3.8) is 0 Å². The van der Waals surface area contributed by atoms with Gasteiger partial charge in [0.05, 0.1) is 12.1 Å². The quantitative estimate of drug-likeness (QED) is 0.0277. The maximum absolute atomic E-state index is 12.8. The summed E-state index contributed by atoms with van der Waals surface area (Å²) in [4.78, 5) is 76.9. The fourth-order valence-electron chi connectivity index (χ4n) is 2.37.